The molecule has 0 aliphatic rings. The molecule has 5 heteroatoms. The zero-order valence-electron chi connectivity index (χ0n) is 10.5. The number of rotatable bonds is 5. The second-order valence-electron chi connectivity index (χ2n) is 3.66. The van der Waals surface area contributed by atoms with Crippen molar-refractivity contribution in [3.63, 3.8) is 0 Å². The normalized spacial score (nSPS) is 10.6. The van der Waals surface area contributed by atoms with E-state index in [4.69, 9.17) is 0 Å². The second-order valence-corrected chi connectivity index (χ2v) is 3.66. The first-order valence-corrected chi connectivity index (χ1v) is 5.80. The highest BCUT2D eigenvalue weighted by Crippen LogP contribution is 2.18. The van der Waals surface area contributed by atoms with Gasteiger partial charge in [0.25, 0.3) is 5.69 Å². The first-order chi connectivity index (χ1) is 8.60. The molecule has 0 atom stereocenters. The number of nitro benzene ring substituents is 1. The molecular weight excluding hydrogens is 232 g/mol. The minimum Gasteiger partial charge on any atom is -0.340 e. The molecule has 0 spiro atoms. The van der Waals surface area contributed by atoms with Gasteiger partial charge in [0.05, 0.1) is 10.5 Å². The lowest BCUT2D eigenvalue weighted by Crippen LogP contribution is -2.28. The van der Waals surface area contributed by atoms with Gasteiger partial charge in [-0.1, -0.05) is 12.1 Å². The maximum Gasteiger partial charge on any atom is 0.276 e. The summed E-state index contributed by atoms with van der Waals surface area (Å²) in [4.78, 5) is 23.7. The minimum atomic E-state index is -0.457. The number of carbonyl (C=O) groups is 1. The number of nitro groups is 1. The van der Waals surface area contributed by atoms with Gasteiger partial charge >= 0.3 is 0 Å². The van der Waals surface area contributed by atoms with E-state index in [0.29, 0.717) is 18.7 Å². The van der Waals surface area contributed by atoms with Gasteiger partial charge in [0.15, 0.2) is 0 Å². The van der Waals surface area contributed by atoms with Crippen molar-refractivity contribution in [1.82, 2.24) is 4.90 Å². The fourth-order valence-corrected chi connectivity index (χ4v) is 1.60. The Bertz CT molecular complexity index is 465. The van der Waals surface area contributed by atoms with Gasteiger partial charge in [0.2, 0.25) is 5.91 Å². The van der Waals surface area contributed by atoms with Crippen LogP contribution in [-0.4, -0.2) is 28.8 Å². The maximum absolute atomic E-state index is 11.7. The summed E-state index contributed by atoms with van der Waals surface area (Å²) in [6.07, 6.45) is 2.86. The van der Waals surface area contributed by atoms with Crippen LogP contribution in [0, 0.1) is 10.1 Å². The van der Waals surface area contributed by atoms with Crippen molar-refractivity contribution in [2.75, 3.05) is 13.1 Å². The van der Waals surface area contributed by atoms with Crippen molar-refractivity contribution in [2.45, 2.75) is 13.8 Å². The van der Waals surface area contributed by atoms with Gasteiger partial charge in [0.1, 0.15) is 0 Å². The first-order valence-electron chi connectivity index (χ1n) is 5.80. The van der Waals surface area contributed by atoms with E-state index in [2.05, 4.69) is 0 Å². The Morgan fingerprint density at radius 3 is 2.50 bits per heavy atom. The molecule has 1 aromatic carbocycles. The number of para-hydroxylation sites is 1. The van der Waals surface area contributed by atoms with Gasteiger partial charge in [-0.3, -0.25) is 14.9 Å². The number of nitrogens with zero attached hydrogens (tertiary/aromatic N) is 2. The number of carbonyl (C=O) groups excluding carboxylic acids is 1. The summed E-state index contributed by atoms with van der Waals surface area (Å²) in [6, 6.07) is 6.34. The molecule has 0 unspecified atom stereocenters. The van der Waals surface area contributed by atoms with Crippen molar-refractivity contribution in [2.24, 2.45) is 0 Å². The van der Waals surface area contributed by atoms with Gasteiger partial charge in [0, 0.05) is 25.2 Å². The van der Waals surface area contributed by atoms with Crippen molar-refractivity contribution in [1.29, 1.82) is 0 Å². The molecule has 0 N–H and O–H groups in total. The van der Waals surface area contributed by atoms with Crippen LogP contribution in [0.1, 0.15) is 19.4 Å². The summed E-state index contributed by atoms with van der Waals surface area (Å²) in [5.74, 6) is -0.141. The van der Waals surface area contributed by atoms with Crippen LogP contribution in [0.5, 0.6) is 0 Å². The Hall–Kier alpha value is -2.17. The van der Waals surface area contributed by atoms with Gasteiger partial charge in [-0.2, -0.15) is 0 Å². The van der Waals surface area contributed by atoms with E-state index < -0.39 is 4.92 Å². The highest BCUT2D eigenvalue weighted by molar-refractivity contribution is 5.92. The lowest BCUT2D eigenvalue weighted by atomic mass is 10.1. The van der Waals surface area contributed by atoms with E-state index in [9.17, 15) is 14.9 Å². The van der Waals surface area contributed by atoms with Crippen LogP contribution in [0.2, 0.25) is 0 Å². The predicted molar refractivity (Wildman–Crippen MR) is 70.1 cm³/mol. The molecule has 0 saturated carbocycles. The van der Waals surface area contributed by atoms with Gasteiger partial charge in [-0.05, 0) is 26.0 Å². The Morgan fingerprint density at radius 2 is 1.94 bits per heavy atom. The molecule has 1 rings (SSSR count). The Balaban J connectivity index is 2.91. The Morgan fingerprint density at radius 1 is 1.33 bits per heavy atom. The summed E-state index contributed by atoms with van der Waals surface area (Å²) < 4.78 is 0. The fourth-order valence-electron chi connectivity index (χ4n) is 1.60. The molecule has 0 bridgehead atoms. The molecule has 0 fully saturated rings. The smallest absolute Gasteiger partial charge is 0.276 e. The van der Waals surface area contributed by atoms with E-state index in [1.165, 1.54) is 18.2 Å². The van der Waals surface area contributed by atoms with Crippen LogP contribution in [0.15, 0.2) is 30.3 Å². The molecule has 0 saturated heterocycles. The molecule has 0 aliphatic heterocycles. The van der Waals surface area contributed by atoms with E-state index in [1.54, 1.807) is 23.1 Å². The quantitative estimate of drug-likeness (QED) is 0.457. The number of hydrogen-bond acceptors (Lipinski definition) is 3. The van der Waals surface area contributed by atoms with E-state index in [1.807, 2.05) is 13.8 Å². The van der Waals surface area contributed by atoms with Crippen LogP contribution in [0.3, 0.4) is 0 Å². The van der Waals surface area contributed by atoms with Crippen molar-refractivity contribution >= 4 is 17.7 Å². The number of likely N-dealkylation sites (N-methyl/N-ethyl adjacent to an activating group) is 1. The third-order valence-corrected chi connectivity index (χ3v) is 2.61. The highest BCUT2D eigenvalue weighted by atomic mass is 16.6. The molecule has 0 heterocycles. The minimum absolute atomic E-state index is 0.00102. The van der Waals surface area contributed by atoms with Crippen LogP contribution < -0.4 is 0 Å². The predicted octanol–water partition coefficient (Wildman–Crippen LogP) is 2.48. The molecule has 18 heavy (non-hydrogen) atoms. The average molecular weight is 248 g/mol. The monoisotopic (exact) mass is 248 g/mol. The summed E-state index contributed by atoms with van der Waals surface area (Å²) in [6.45, 7) is 5.02. The highest BCUT2D eigenvalue weighted by Gasteiger charge is 2.10. The topological polar surface area (TPSA) is 63.5 Å². The lowest BCUT2D eigenvalue weighted by molar-refractivity contribution is -0.385. The summed E-state index contributed by atoms with van der Waals surface area (Å²) in [5, 5.41) is 10.8. The first kappa shape index (κ1) is 13.9. The lowest BCUT2D eigenvalue weighted by Gasteiger charge is -2.15. The Labute approximate surface area is 106 Å². The van der Waals surface area contributed by atoms with Crippen molar-refractivity contribution in [3.05, 3.63) is 46.0 Å². The van der Waals surface area contributed by atoms with Crippen molar-refractivity contribution < 1.29 is 9.72 Å². The van der Waals surface area contributed by atoms with Gasteiger partial charge < -0.3 is 4.90 Å². The zero-order chi connectivity index (χ0) is 13.5. The number of benzene rings is 1. The van der Waals surface area contributed by atoms with Crippen molar-refractivity contribution in [3.8, 4) is 0 Å². The molecule has 96 valence electrons. The zero-order valence-corrected chi connectivity index (χ0v) is 10.5. The van der Waals surface area contributed by atoms with Gasteiger partial charge in [-0.15, -0.1) is 0 Å². The van der Waals surface area contributed by atoms with E-state index in [-0.39, 0.29) is 11.6 Å². The summed E-state index contributed by atoms with van der Waals surface area (Å²) in [7, 11) is 0. The second kappa shape index (κ2) is 6.54. The third kappa shape index (κ3) is 3.41. The van der Waals surface area contributed by atoms with Crippen LogP contribution in [0.25, 0.3) is 6.08 Å². The van der Waals surface area contributed by atoms with Crippen LogP contribution in [-0.2, 0) is 4.79 Å². The van der Waals surface area contributed by atoms with E-state index in [0.717, 1.165) is 0 Å². The molecule has 0 aromatic heterocycles. The molecule has 0 radical (unpaired) electrons. The largest absolute Gasteiger partial charge is 0.340 e. The van der Waals surface area contributed by atoms with Gasteiger partial charge in [-0.25, -0.2) is 0 Å². The third-order valence-electron chi connectivity index (χ3n) is 2.61. The SMILES string of the molecule is CCN(CC)C(=O)C=Cc1ccccc1[N+](=O)[O-]. The number of hydrogen-bond donors (Lipinski definition) is 0. The summed E-state index contributed by atoms with van der Waals surface area (Å²) in [5.41, 5.74) is 0.434. The maximum atomic E-state index is 11.7. The Kier molecular flexibility index (Phi) is 5.05. The standard InChI is InChI=1S/C13H16N2O3/c1-3-14(4-2)13(16)10-9-11-7-5-6-8-12(11)15(17)18/h5-10H,3-4H2,1-2H3. The fraction of sp³-hybridized carbons (Fsp3) is 0.308. The van der Waals surface area contributed by atoms with Crippen LogP contribution in [0.4, 0.5) is 5.69 Å². The average Bonchev–Trinajstić information content (AvgIpc) is 2.38. The van der Waals surface area contributed by atoms with E-state index >= 15 is 0 Å². The molecule has 1 aromatic rings. The molecule has 1 amide bonds. The summed E-state index contributed by atoms with van der Waals surface area (Å²) >= 11 is 0. The molecular formula is C13H16N2O3. The molecule has 5 nitrogen and oxygen atoms in total. The number of amides is 1. The molecule has 0 aliphatic carbocycles. The van der Waals surface area contributed by atoms with Crippen LogP contribution >= 0.6 is 0 Å².